The molecule has 3 N–H and O–H groups in total. The van der Waals surface area contributed by atoms with Crippen molar-refractivity contribution in [3.8, 4) is 11.5 Å². The van der Waals surface area contributed by atoms with Crippen LogP contribution in [0, 0.1) is 0 Å². The van der Waals surface area contributed by atoms with Crippen LogP contribution in [0.3, 0.4) is 0 Å². The highest BCUT2D eigenvalue weighted by Crippen LogP contribution is 2.32. The van der Waals surface area contributed by atoms with Gasteiger partial charge in [0.05, 0.1) is 0 Å². The molecule has 1 aliphatic rings. The molecule has 2 rings (SSSR count). The van der Waals surface area contributed by atoms with Crippen molar-refractivity contribution < 1.29 is 24.2 Å². The van der Waals surface area contributed by atoms with Crippen molar-refractivity contribution >= 4 is 17.7 Å². The summed E-state index contributed by atoms with van der Waals surface area (Å²) in [5, 5.41) is 13.8. The van der Waals surface area contributed by atoms with Crippen LogP contribution in [0.1, 0.15) is 13.3 Å². The molecule has 7 heteroatoms. The lowest BCUT2D eigenvalue weighted by Crippen LogP contribution is -2.42. The minimum atomic E-state index is -1.06. The maximum absolute atomic E-state index is 11.7. The number of nitrogens with one attached hydrogen (secondary N) is 2. The number of carbonyl (C=O) groups is 2. The van der Waals surface area contributed by atoms with E-state index in [2.05, 4.69) is 10.6 Å². The van der Waals surface area contributed by atoms with Gasteiger partial charge in [-0.1, -0.05) is 6.92 Å². The number of hydrogen-bond donors (Lipinski definition) is 3. The number of fused-ring (bicyclic) bond motifs is 1. The van der Waals surface area contributed by atoms with Crippen LogP contribution in [0.2, 0.25) is 0 Å². The number of aliphatic carboxylic acids is 1. The second-order valence-electron chi connectivity index (χ2n) is 4.26. The van der Waals surface area contributed by atoms with E-state index >= 15 is 0 Å². The third kappa shape index (κ3) is 3.31. The van der Waals surface area contributed by atoms with E-state index in [0.29, 0.717) is 36.8 Å². The highest BCUT2D eigenvalue weighted by molar-refractivity contribution is 5.92. The van der Waals surface area contributed by atoms with E-state index in [1.54, 1.807) is 25.1 Å². The summed E-state index contributed by atoms with van der Waals surface area (Å²) in [4.78, 5) is 22.5. The summed E-state index contributed by atoms with van der Waals surface area (Å²) < 4.78 is 10.8. The summed E-state index contributed by atoms with van der Waals surface area (Å²) in [6, 6.07) is 3.51. The molecule has 0 bridgehead atoms. The van der Waals surface area contributed by atoms with Crippen molar-refractivity contribution in [3.05, 3.63) is 18.2 Å². The molecule has 7 nitrogen and oxygen atoms in total. The smallest absolute Gasteiger partial charge is 0.326 e. The topological polar surface area (TPSA) is 96.9 Å². The van der Waals surface area contributed by atoms with Gasteiger partial charge in [-0.05, 0) is 18.6 Å². The molecule has 1 aromatic carbocycles. The molecule has 0 aromatic heterocycles. The summed E-state index contributed by atoms with van der Waals surface area (Å²) in [7, 11) is 0. The zero-order chi connectivity index (χ0) is 14.5. The Balaban J connectivity index is 1.99. The van der Waals surface area contributed by atoms with Crippen LogP contribution in [-0.4, -0.2) is 36.4 Å². The largest absolute Gasteiger partial charge is 0.486 e. The van der Waals surface area contributed by atoms with E-state index in [1.165, 1.54) is 0 Å². The average Bonchev–Trinajstić information content (AvgIpc) is 2.44. The maximum atomic E-state index is 11.7. The Morgan fingerprint density at radius 3 is 2.65 bits per heavy atom. The van der Waals surface area contributed by atoms with Gasteiger partial charge in [-0.25, -0.2) is 9.59 Å². The summed E-state index contributed by atoms with van der Waals surface area (Å²) in [6.45, 7) is 2.64. The first kappa shape index (κ1) is 14.0. The van der Waals surface area contributed by atoms with E-state index in [-0.39, 0.29) is 0 Å². The van der Waals surface area contributed by atoms with Gasteiger partial charge in [-0.3, -0.25) is 0 Å². The highest BCUT2D eigenvalue weighted by atomic mass is 16.6. The predicted molar refractivity (Wildman–Crippen MR) is 71.3 cm³/mol. The number of amides is 2. The normalized spacial score (nSPS) is 14.2. The van der Waals surface area contributed by atoms with Crippen molar-refractivity contribution in [3.63, 3.8) is 0 Å². The molecular formula is C13H16N2O5. The summed E-state index contributed by atoms with van der Waals surface area (Å²) in [6.07, 6.45) is 0.309. The minimum Gasteiger partial charge on any atom is -0.486 e. The third-order valence-corrected chi connectivity index (χ3v) is 2.81. The molecule has 2 amide bonds. The fraction of sp³-hybridized carbons (Fsp3) is 0.385. The monoisotopic (exact) mass is 280 g/mol. The zero-order valence-electron chi connectivity index (χ0n) is 11.0. The van der Waals surface area contributed by atoms with Crippen LogP contribution in [-0.2, 0) is 4.79 Å². The van der Waals surface area contributed by atoms with Gasteiger partial charge >= 0.3 is 12.0 Å². The van der Waals surface area contributed by atoms with Crippen molar-refractivity contribution in [2.45, 2.75) is 19.4 Å². The third-order valence-electron chi connectivity index (χ3n) is 2.81. The lowest BCUT2D eigenvalue weighted by molar-refractivity contribution is -0.139. The van der Waals surface area contributed by atoms with Crippen LogP contribution in [0.5, 0.6) is 11.5 Å². The first-order chi connectivity index (χ1) is 9.60. The van der Waals surface area contributed by atoms with E-state index in [1.807, 2.05) is 0 Å². The Labute approximate surface area is 115 Å². The van der Waals surface area contributed by atoms with Gasteiger partial charge in [-0.2, -0.15) is 0 Å². The summed E-state index contributed by atoms with van der Waals surface area (Å²) in [5.41, 5.74) is 0.506. The number of benzene rings is 1. The Morgan fingerprint density at radius 2 is 2.00 bits per heavy atom. The van der Waals surface area contributed by atoms with E-state index in [9.17, 15) is 9.59 Å². The Morgan fingerprint density at radius 1 is 1.30 bits per heavy atom. The number of carboxylic acids is 1. The molecule has 1 aliphatic heterocycles. The second-order valence-corrected chi connectivity index (χ2v) is 4.26. The fourth-order valence-electron chi connectivity index (χ4n) is 1.78. The van der Waals surface area contributed by atoms with Gasteiger partial charge in [0.1, 0.15) is 19.3 Å². The van der Waals surface area contributed by atoms with Crippen LogP contribution in [0.15, 0.2) is 18.2 Å². The Kier molecular flexibility index (Phi) is 4.29. The number of rotatable bonds is 4. The van der Waals surface area contributed by atoms with Gasteiger partial charge < -0.3 is 25.2 Å². The molecule has 0 saturated carbocycles. The molecule has 20 heavy (non-hydrogen) atoms. The van der Waals surface area contributed by atoms with E-state index in [4.69, 9.17) is 14.6 Å². The van der Waals surface area contributed by atoms with Gasteiger partial charge in [-0.15, -0.1) is 0 Å². The maximum Gasteiger partial charge on any atom is 0.326 e. The molecule has 0 saturated heterocycles. The Hall–Kier alpha value is -2.44. The van der Waals surface area contributed by atoms with E-state index < -0.39 is 18.0 Å². The van der Waals surface area contributed by atoms with Crippen LogP contribution < -0.4 is 20.1 Å². The molecule has 1 atom stereocenters. The molecular weight excluding hydrogens is 264 g/mol. The van der Waals surface area contributed by atoms with Crippen LogP contribution in [0.25, 0.3) is 0 Å². The number of urea groups is 1. The first-order valence-electron chi connectivity index (χ1n) is 6.30. The van der Waals surface area contributed by atoms with Crippen molar-refractivity contribution in [2.75, 3.05) is 18.5 Å². The molecule has 1 aromatic rings. The van der Waals surface area contributed by atoms with Crippen LogP contribution in [0.4, 0.5) is 10.5 Å². The molecule has 0 fully saturated rings. The quantitative estimate of drug-likeness (QED) is 0.775. The standard InChI is InChI=1S/C13H16N2O5/c1-2-9(12(16)17)15-13(18)14-8-3-4-10-11(7-8)20-6-5-19-10/h3-4,7,9H,2,5-6H2,1H3,(H,16,17)(H2,14,15,18)/t9-/m1/s1. The summed E-state index contributed by atoms with van der Waals surface area (Å²) >= 11 is 0. The number of ether oxygens (including phenoxy) is 2. The number of anilines is 1. The first-order valence-corrected chi connectivity index (χ1v) is 6.30. The summed E-state index contributed by atoms with van der Waals surface area (Å²) in [5.74, 6) is 0.114. The van der Waals surface area contributed by atoms with Crippen LogP contribution >= 0.6 is 0 Å². The molecule has 0 unspecified atom stereocenters. The number of carbonyl (C=O) groups excluding carboxylic acids is 1. The van der Waals surface area contributed by atoms with E-state index in [0.717, 1.165) is 0 Å². The average molecular weight is 280 g/mol. The van der Waals surface area contributed by atoms with Crippen molar-refractivity contribution in [1.29, 1.82) is 0 Å². The Bertz CT molecular complexity index is 517. The molecule has 0 aliphatic carbocycles. The van der Waals surface area contributed by atoms with Gasteiger partial charge in [0.25, 0.3) is 0 Å². The lowest BCUT2D eigenvalue weighted by atomic mass is 10.2. The second kappa shape index (κ2) is 6.14. The highest BCUT2D eigenvalue weighted by Gasteiger charge is 2.18. The van der Waals surface area contributed by atoms with Gasteiger partial charge in [0, 0.05) is 11.8 Å². The fourth-order valence-corrected chi connectivity index (χ4v) is 1.78. The predicted octanol–water partition coefficient (Wildman–Crippen LogP) is 1.44. The molecule has 0 spiro atoms. The number of carboxylic acid groups (broad SMARTS) is 1. The lowest BCUT2D eigenvalue weighted by Gasteiger charge is -2.19. The number of hydrogen-bond acceptors (Lipinski definition) is 4. The van der Waals surface area contributed by atoms with Gasteiger partial charge in [0.15, 0.2) is 11.5 Å². The van der Waals surface area contributed by atoms with Crippen molar-refractivity contribution in [2.24, 2.45) is 0 Å². The molecule has 1 heterocycles. The molecule has 0 radical (unpaired) electrons. The van der Waals surface area contributed by atoms with Gasteiger partial charge in [0.2, 0.25) is 0 Å². The zero-order valence-corrected chi connectivity index (χ0v) is 11.0. The van der Waals surface area contributed by atoms with Crippen molar-refractivity contribution in [1.82, 2.24) is 5.32 Å². The minimum absolute atomic E-state index is 0.309. The molecule has 108 valence electrons. The SMILES string of the molecule is CC[C@@H](NC(=O)Nc1ccc2c(c1)OCCO2)C(=O)O.